The molecule has 1 heterocycles. The normalized spacial score (nSPS) is 10.3. The van der Waals surface area contributed by atoms with E-state index in [2.05, 4.69) is 27.4 Å². The molecule has 5 nitrogen and oxygen atoms in total. The zero-order valence-electron chi connectivity index (χ0n) is 11.5. The predicted molar refractivity (Wildman–Crippen MR) is 83.4 cm³/mol. The van der Waals surface area contributed by atoms with Crippen LogP contribution in [0.15, 0.2) is 52.5 Å². The summed E-state index contributed by atoms with van der Waals surface area (Å²) in [6.45, 7) is 0.646. The van der Waals surface area contributed by atoms with Gasteiger partial charge in [0.05, 0.1) is 5.75 Å². The molecule has 0 unspecified atom stereocenters. The van der Waals surface area contributed by atoms with Crippen LogP contribution in [0.2, 0.25) is 0 Å². The molecule has 2 aromatic rings. The van der Waals surface area contributed by atoms with Crippen molar-refractivity contribution in [2.45, 2.75) is 18.0 Å². The Kier molecular flexibility index (Phi) is 6.02. The average molecular weight is 303 g/mol. The average Bonchev–Trinajstić information content (AvgIpc) is 2.51. The predicted octanol–water partition coefficient (Wildman–Crippen LogP) is 1.61. The fourth-order valence-electron chi connectivity index (χ4n) is 1.78. The van der Waals surface area contributed by atoms with Gasteiger partial charge in [0.15, 0.2) is 5.16 Å². The number of carbonyl (C=O) groups is 1. The molecule has 2 rings (SSSR count). The monoisotopic (exact) mass is 303 g/mol. The van der Waals surface area contributed by atoms with Crippen molar-refractivity contribution in [3.63, 3.8) is 0 Å². The Morgan fingerprint density at radius 1 is 1.24 bits per heavy atom. The number of hydrogen-bond donors (Lipinski definition) is 2. The van der Waals surface area contributed by atoms with Gasteiger partial charge in [0.1, 0.15) is 0 Å². The molecule has 0 aliphatic carbocycles. The van der Waals surface area contributed by atoms with E-state index in [0.717, 1.165) is 12.8 Å². The molecule has 0 saturated heterocycles. The van der Waals surface area contributed by atoms with Crippen LogP contribution in [-0.4, -0.2) is 28.2 Å². The van der Waals surface area contributed by atoms with Crippen LogP contribution in [0.1, 0.15) is 12.0 Å². The van der Waals surface area contributed by atoms with Gasteiger partial charge in [0.25, 0.3) is 5.56 Å². The number of thioether (sulfide) groups is 1. The maximum Gasteiger partial charge on any atom is 0.251 e. The maximum absolute atomic E-state index is 11.7. The van der Waals surface area contributed by atoms with Crippen LogP contribution in [0.4, 0.5) is 0 Å². The number of amides is 1. The molecule has 6 heteroatoms. The number of aromatic nitrogens is 2. The topological polar surface area (TPSA) is 74.8 Å². The number of nitrogens with zero attached hydrogens (tertiary/aromatic N) is 1. The standard InChI is InChI=1S/C15H17N3O2S/c19-13-8-10-17-15(18-13)21-11-14(20)16-9-4-7-12-5-2-1-3-6-12/h1-3,5-6,8,10H,4,7,9,11H2,(H,16,20)(H,17,18,19). The van der Waals surface area contributed by atoms with E-state index in [0.29, 0.717) is 11.7 Å². The fourth-order valence-corrected chi connectivity index (χ4v) is 2.45. The number of aryl methyl sites for hydroxylation is 1. The molecule has 1 aromatic carbocycles. The van der Waals surface area contributed by atoms with Crippen molar-refractivity contribution in [1.82, 2.24) is 15.3 Å². The van der Waals surface area contributed by atoms with Gasteiger partial charge in [-0.2, -0.15) is 0 Å². The van der Waals surface area contributed by atoms with E-state index >= 15 is 0 Å². The van der Waals surface area contributed by atoms with Gasteiger partial charge in [-0.1, -0.05) is 42.1 Å². The molecule has 2 N–H and O–H groups in total. The van der Waals surface area contributed by atoms with Crippen LogP contribution in [0.25, 0.3) is 0 Å². The molecule has 0 bridgehead atoms. The van der Waals surface area contributed by atoms with E-state index in [-0.39, 0.29) is 17.2 Å². The van der Waals surface area contributed by atoms with Crippen LogP contribution >= 0.6 is 11.8 Å². The zero-order chi connectivity index (χ0) is 14.9. The maximum atomic E-state index is 11.7. The third kappa shape index (κ3) is 5.83. The van der Waals surface area contributed by atoms with Crippen LogP contribution in [0.5, 0.6) is 0 Å². The number of rotatable bonds is 7. The summed E-state index contributed by atoms with van der Waals surface area (Å²) >= 11 is 1.22. The Morgan fingerprint density at radius 3 is 2.81 bits per heavy atom. The fraction of sp³-hybridized carbons (Fsp3) is 0.267. The van der Waals surface area contributed by atoms with Crippen LogP contribution in [0.3, 0.4) is 0 Å². The summed E-state index contributed by atoms with van der Waals surface area (Å²) in [5, 5.41) is 3.32. The molecule has 0 spiro atoms. The van der Waals surface area contributed by atoms with Gasteiger partial charge in [-0.25, -0.2) is 4.98 Å². The SMILES string of the molecule is O=C(CSc1nccc(=O)[nH]1)NCCCc1ccccc1. The smallest absolute Gasteiger partial charge is 0.251 e. The Bertz CT molecular complexity index is 628. The molecule has 1 amide bonds. The molecular weight excluding hydrogens is 286 g/mol. The van der Waals surface area contributed by atoms with E-state index in [9.17, 15) is 9.59 Å². The number of H-pyrrole nitrogens is 1. The van der Waals surface area contributed by atoms with E-state index in [1.165, 1.54) is 29.6 Å². The van der Waals surface area contributed by atoms with Gasteiger partial charge in [-0.15, -0.1) is 0 Å². The number of nitrogens with one attached hydrogen (secondary N) is 2. The Balaban J connectivity index is 1.63. The van der Waals surface area contributed by atoms with E-state index in [1.54, 1.807) is 0 Å². The number of aromatic amines is 1. The second-order valence-electron chi connectivity index (χ2n) is 4.47. The minimum absolute atomic E-state index is 0.0560. The van der Waals surface area contributed by atoms with E-state index in [4.69, 9.17) is 0 Å². The van der Waals surface area contributed by atoms with Crippen molar-refractivity contribution >= 4 is 17.7 Å². The summed E-state index contributed by atoms with van der Waals surface area (Å²) in [6, 6.07) is 11.5. The first-order chi connectivity index (χ1) is 10.2. The lowest BCUT2D eigenvalue weighted by atomic mass is 10.1. The van der Waals surface area contributed by atoms with Crippen molar-refractivity contribution in [3.05, 3.63) is 58.5 Å². The van der Waals surface area contributed by atoms with Gasteiger partial charge >= 0.3 is 0 Å². The molecule has 0 fully saturated rings. The highest BCUT2D eigenvalue weighted by molar-refractivity contribution is 7.99. The molecular formula is C15H17N3O2S. The van der Waals surface area contributed by atoms with Crippen molar-refractivity contribution < 1.29 is 4.79 Å². The van der Waals surface area contributed by atoms with E-state index in [1.807, 2.05) is 18.2 Å². The third-order valence-corrected chi connectivity index (χ3v) is 3.68. The Labute approximate surface area is 127 Å². The molecule has 0 aliphatic rings. The van der Waals surface area contributed by atoms with Gasteiger partial charge in [-0.05, 0) is 18.4 Å². The zero-order valence-corrected chi connectivity index (χ0v) is 12.4. The van der Waals surface area contributed by atoms with Gasteiger partial charge in [0, 0.05) is 18.8 Å². The minimum atomic E-state index is -0.212. The molecule has 0 radical (unpaired) electrons. The van der Waals surface area contributed by atoms with Crippen LogP contribution in [-0.2, 0) is 11.2 Å². The summed E-state index contributed by atoms with van der Waals surface area (Å²) < 4.78 is 0. The highest BCUT2D eigenvalue weighted by Gasteiger charge is 2.03. The van der Waals surface area contributed by atoms with Crippen molar-refractivity contribution in [3.8, 4) is 0 Å². The molecule has 110 valence electrons. The summed E-state index contributed by atoms with van der Waals surface area (Å²) in [6.07, 6.45) is 3.28. The summed E-state index contributed by atoms with van der Waals surface area (Å²) in [5.74, 6) is 0.192. The lowest BCUT2D eigenvalue weighted by Crippen LogP contribution is -2.26. The van der Waals surface area contributed by atoms with Gasteiger partial charge in [-0.3, -0.25) is 9.59 Å². The second kappa shape index (κ2) is 8.26. The number of carbonyl (C=O) groups excluding carboxylic acids is 1. The molecule has 0 aliphatic heterocycles. The highest BCUT2D eigenvalue weighted by atomic mass is 32.2. The molecule has 0 atom stereocenters. The first kappa shape index (κ1) is 15.3. The summed E-state index contributed by atoms with van der Waals surface area (Å²) in [4.78, 5) is 29.3. The number of benzene rings is 1. The first-order valence-corrected chi connectivity index (χ1v) is 7.71. The van der Waals surface area contributed by atoms with Crippen LogP contribution < -0.4 is 10.9 Å². The molecule has 1 aromatic heterocycles. The second-order valence-corrected chi connectivity index (χ2v) is 5.43. The third-order valence-electron chi connectivity index (χ3n) is 2.80. The summed E-state index contributed by atoms with van der Waals surface area (Å²) in [7, 11) is 0. The Hall–Kier alpha value is -2.08. The van der Waals surface area contributed by atoms with Crippen molar-refractivity contribution in [2.75, 3.05) is 12.3 Å². The van der Waals surface area contributed by atoms with Gasteiger partial charge < -0.3 is 10.3 Å². The number of hydrogen-bond acceptors (Lipinski definition) is 4. The molecule has 0 saturated carbocycles. The highest BCUT2D eigenvalue weighted by Crippen LogP contribution is 2.08. The Morgan fingerprint density at radius 2 is 2.05 bits per heavy atom. The quantitative estimate of drug-likeness (QED) is 0.463. The largest absolute Gasteiger partial charge is 0.355 e. The van der Waals surface area contributed by atoms with Gasteiger partial charge in [0.2, 0.25) is 5.91 Å². The van der Waals surface area contributed by atoms with E-state index < -0.39 is 0 Å². The minimum Gasteiger partial charge on any atom is -0.355 e. The lowest BCUT2D eigenvalue weighted by molar-refractivity contribution is -0.118. The lowest BCUT2D eigenvalue weighted by Gasteiger charge is -2.05. The summed E-state index contributed by atoms with van der Waals surface area (Å²) in [5.41, 5.74) is 1.06. The first-order valence-electron chi connectivity index (χ1n) is 6.73. The van der Waals surface area contributed by atoms with Crippen molar-refractivity contribution in [2.24, 2.45) is 0 Å². The van der Waals surface area contributed by atoms with Crippen LogP contribution in [0, 0.1) is 0 Å². The molecule has 21 heavy (non-hydrogen) atoms. The van der Waals surface area contributed by atoms with Crippen molar-refractivity contribution in [1.29, 1.82) is 0 Å².